The molecule has 0 heterocycles. The SMILES string of the molecule is COCN(C(N)=O)C(C)(OC)OC. The lowest BCUT2D eigenvalue weighted by Gasteiger charge is -2.36. The molecule has 0 aromatic carbocycles. The summed E-state index contributed by atoms with van der Waals surface area (Å²) in [4.78, 5) is 12.1. The van der Waals surface area contributed by atoms with Gasteiger partial charge >= 0.3 is 6.03 Å². The number of ether oxygens (including phenoxy) is 3. The molecule has 0 aliphatic rings. The van der Waals surface area contributed by atoms with Gasteiger partial charge in [-0.05, 0) is 0 Å². The van der Waals surface area contributed by atoms with Crippen LogP contribution in [0.5, 0.6) is 0 Å². The molecular weight excluding hydrogens is 176 g/mol. The van der Waals surface area contributed by atoms with Crippen LogP contribution in [0.4, 0.5) is 4.79 Å². The van der Waals surface area contributed by atoms with E-state index in [4.69, 9.17) is 19.9 Å². The van der Waals surface area contributed by atoms with Crippen LogP contribution in [0.3, 0.4) is 0 Å². The maximum absolute atomic E-state index is 11.0. The fraction of sp³-hybridized carbons (Fsp3) is 0.857. The zero-order valence-corrected chi connectivity index (χ0v) is 8.36. The van der Waals surface area contributed by atoms with E-state index in [1.54, 1.807) is 6.92 Å². The molecule has 0 aliphatic heterocycles. The van der Waals surface area contributed by atoms with Crippen molar-refractivity contribution < 1.29 is 19.0 Å². The Balaban J connectivity index is 4.58. The summed E-state index contributed by atoms with van der Waals surface area (Å²) < 4.78 is 14.8. The quantitative estimate of drug-likeness (QED) is 0.619. The van der Waals surface area contributed by atoms with E-state index in [1.165, 1.54) is 21.3 Å². The number of methoxy groups -OCH3 is 3. The van der Waals surface area contributed by atoms with Crippen LogP contribution >= 0.6 is 0 Å². The number of carbonyl (C=O) groups is 1. The highest BCUT2D eigenvalue weighted by atomic mass is 16.7. The lowest BCUT2D eigenvalue weighted by Crippen LogP contribution is -2.55. The van der Waals surface area contributed by atoms with Crippen molar-refractivity contribution in [3.63, 3.8) is 0 Å². The molecule has 0 radical (unpaired) electrons. The molecule has 0 saturated carbocycles. The van der Waals surface area contributed by atoms with Crippen molar-refractivity contribution in [1.82, 2.24) is 4.90 Å². The minimum atomic E-state index is -1.19. The first-order valence-electron chi connectivity index (χ1n) is 3.68. The van der Waals surface area contributed by atoms with Crippen molar-refractivity contribution in [3.05, 3.63) is 0 Å². The van der Waals surface area contributed by atoms with Crippen LogP contribution in [0.15, 0.2) is 0 Å². The molecule has 13 heavy (non-hydrogen) atoms. The molecule has 6 heteroatoms. The Kier molecular flexibility index (Phi) is 4.68. The van der Waals surface area contributed by atoms with Gasteiger partial charge in [0, 0.05) is 28.3 Å². The maximum Gasteiger partial charge on any atom is 0.320 e. The zero-order valence-electron chi connectivity index (χ0n) is 8.36. The van der Waals surface area contributed by atoms with Crippen LogP contribution in [0.25, 0.3) is 0 Å². The molecule has 78 valence electrons. The van der Waals surface area contributed by atoms with E-state index in [0.717, 1.165) is 4.90 Å². The minimum Gasteiger partial charge on any atom is -0.364 e. The van der Waals surface area contributed by atoms with Gasteiger partial charge in [0.25, 0.3) is 5.91 Å². The fourth-order valence-corrected chi connectivity index (χ4v) is 0.814. The van der Waals surface area contributed by atoms with E-state index in [9.17, 15) is 4.79 Å². The van der Waals surface area contributed by atoms with E-state index >= 15 is 0 Å². The summed E-state index contributed by atoms with van der Waals surface area (Å²) in [5, 5.41) is 0. The summed E-state index contributed by atoms with van der Waals surface area (Å²) in [6.07, 6.45) is 0. The second kappa shape index (κ2) is 5.00. The third-order valence-electron chi connectivity index (χ3n) is 1.77. The Hall–Kier alpha value is -0.850. The van der Waals surface area contributed by atoms with E-state index in [1.807, 2.05) is 0 Å². The van der Waals surface area contributed by atoms with Crippen LogP contribution in [0.1, 0.15) is 6.92 Å². The summed E-state index contributed by atoms with van der Waals surface area (Å²) in [5.41, 5.74) is 5.11. The summed E-state index contributed by atoms with van der Waals surface area (Å²) in [6, 6.07) is -0.673. The highest BCUT2D eigenvalue weighted by molar-refractivity contribution is 5.72. The average Bonchev–Trinajstić information content (AvgIpc) is 2.12. The number of urea groups is 1. The summed E-state index contributed by atoms with van der Waals surface area (Å²) >= 11 is 0. The summed E-state index contributed by atoms with van der Waals surface area (Å²) in [7, 11) is 4.27. The van der Waals surface area contributed by atoms with Crippen molar-refractivity contribution in [1.29, 1.82) is 0 Å². The van der Waals surface area contributed by atoms with Crippen molar-refractivity contribution in [2.24, 2.45) is 5.73 Å². The molecule has 0 atom stereocenters. The molecule has 0 aromatic heterocycles. The first kappa shape index (κ1) is 12.2. The minimum absolute atomic E-state index is 0.00745. The van der Waals surface area contributed by atoms with E-state index in [2.05, 4.69) is 0 Å². The summed E-state index contributed by atoms with van der Waals surface area (Å²) in [5.74, 6) is -1.19. The Bertz CT molecular complexity index is 170. The Morgan fingerprint density at radius 3 is 2.08 bits per heavy atom. The number of hydrogen-bond donors (Lipinski definition) is 1. The third kappa shape index (κ3) is 2.83. The second-order valence-electron chi connectivity index (χ2n) is 2.49. The van der Waals surface area contributed by atoms with Crippen molar-refractivity contribution in [2.45, 2.75) is 12.8 Å². The Labute approximate surface area is 77.5 Å². The van der Waals surface area contributed by atoms with Crippen LogP contribution in [-0.2, 0) is 14.2 Å². The van der Waals surface area contributed by atoms with Gasteiger partial charge in [0.15, 0.2) is 0 Å². The van der Waals surface area contributed by atoms with Crippen LogP contribution in [0, 0.1) is 0 Å². The molecule has 0 unspecified atom stereocenters. The van der Waals surface area contributed by atoms with Gasteiger partial charge in [0.05, 0.1) is 0 Å². The molecule has 0 fully saturated rings. The predicted octanol–water partition coefficient (Wildman–Crippen LogP) is -0.0625. The Morgan fingerprint density at radius 2 is 1.85 bits per heavy atom. The number of nitrogens with zero attached hydrogens (tertiary/aromatic N) is 1. The van der Waals surface area contributed by atoms with Gasteiger partial charge in [-0.25, -0.2) is 9.69 Å². The average molecular weight is 192 g/mol. The number of primary amides is 1. The molecule has 0 rings (SSSR count). The van der Waals surface area contributed by atoms with Gasteiger partial charge in [-0.3, -0.25) is 0 Å². The molecule has 2 N–H and O–H groups in total. The molecular formula is C7H16N2O4. The van der Waals surface area contributed by atoms with Crippen molar-refractivity contribution in [3.8, 4) is 0 Å². The molecule has 2 amide bonds. The van der Waals surface area contributed by atoms with Crippen molar-refractivity contribution in [2.75, 3.05) is 28.1 Å². The van der Waals surface area contributed by atoms with Gasteiger partial charge in [-0.15, -0.1) is 0 Å². The molecule has 6 nitrogen and oxygen atoms in total. The van der Waals surface area contributed by atoms with Gasteiger partial charge in [-0.1, -0.05) is 0 Å². The van der Waals surface area contributed by atoms with Crippen LogP contribution in [-0.4, -0.2) is 44.9 Å². The topological polar surface area (TPSA) is 74.0 Å². The van der Waals surface area contributed by atoms with E-state index in [-0.39, 0.29) is 6.73 Å². The largest absolute Gasteiger partial charge is 0.364 e. The maximum atomic E-state index is 11.0. The highest BCUT2D eigenvalue weighted by Gasteiger charge is 2.34. The van der Waals surface area contributed by atoms with Gasteiger partial charge in [0.2, 0.25) is 0 Å². The number of nitrogens with two attached hydrogens (primary N) is 1. The number of amides is 2. The standard InChI is InChI=1S/C7H16N2O4/c1-7(12-3,13-4)9(5-11-2)6(8)10/h5H2,1-4H3,(H2,8,10). The van der Waals surface area contributed by atoms with Gasteiger partial charge in [0.1, 0.15) is 6.73 Å². The fourth-order valence-electron chi connectivity index (χ4n) is 0.814. The molecule has 0 spiro atoms. The van der Waals surface area contributed by atoms with Crippen LogP contribution < -0.4 is 5.73 Å². The summed E-state index contributed by atoms with van der Waals surface area (Å²) in [6.45, 7) is 1.57. The number of carbonyl (C=O) groups excluding carboxylic acids is 1. The predicted molar refractivity (Wildman–Crippen MR) is 45.7 cm³/mol. The first-order valence-corrected chi connectivity index (χ1v) is 3.68. The van der Waals surface area contributed by atoms with E-state index in [0.29, 0.717) is 0 Å². The lowest BCUT2D eigenvalue weighted by atomic mass is 10.5. The third-order valence-corrected chi connectivity index (χ3v) is 1.77. The van der Waals surface area contributed by atoms with Gasteiger partial charge < -0.3 is 19.9 Å². The molecule has 0 aliphatic carbocycles. The lowest BCUT2D eigenvalue weighted by molar-refractivity contribution is -0.278. The first-order chi connectivity index (χ1) is 6.01. The monoisotopic (exact) mass is 192 g/mol. The van der Waals surface area contributed by atoms with Crippen LogP contribution in [0.2, 0.25) is 0 Å². The normalized spacial score (nSPS) is 11.4. The second-order valence-corrected chi connectivity index (χ2v) is 2.49. The zero-order chi connectivity index (χ0) is 10.5. The molecule has 0 saturated heterocycles. The molecule has 0 bridgehead atoms. The van der Waals surface area contributed by atoms with E-state index < -0.39 is 11.9 Å². The smallest absolute Gasteiger partial charge is 0.320 e. The van der Waals surface area contributed by atoms with Crippen molar-refractivity contribution >= 4 is 6.03 Å². The van der Waals surface area contributed by atoms with Gasteiger partial charge in [-0.2, -0.15) is 0 Å². The Morgan fingerprint density at radius 1 is 1.38 bits per heavy atom. The number of rotatable bonds is 5. The number of hydrogen-bond acceptors (Lipinski definition) is 4. The highest BCUT2D eigenvalue weighted by Crippen LogP contribution is 2.15. The molecule has 0 aromatic rings.